The fourth-order valence-electron chi connectivity index (χ4n) is 1.55. The van der Waals surface area contributed by atoms with Crippen LogP contribution in [0.4, 0.5) is 10.5 Å². The first-order valence-corrected chi connectivity index (χ1v) is 6.69. The number of hydrogen-bond acceptors (Lipinski definition) is 7. The Labute approximate surface area is 133 Å². The summed E-state index contributed by atoms with van der Waals surface area (Å²) in [6.45, 7) is 1.72. The number of ether oxygens (including phenoxy) is 3. The highest BCUT2D eigenvalue weighted by molar-refractivity contribution is 6.03. The zero-order chi connectivity index (χ0) is 17.2. The summed E-state index contributed by atoms with van der Waals surface area (Å²) in [7, 11) is 2.98. The average molecular weight is 319 g/mol. The standard InChI is InChI=1S/C15H17N3O5/c1-4-23-15(20)18-14(19)10(8-16)9-17-12-6-5-11(21-2)7-13(12)22-3/h5-7,9-10H,4H2,1-3H3,(H,18,19,20). The van der Waals surface area contributed by atoms with Crippen molar-refractivity contribution in [3.63, 3.8) is 0 Å². The van der Waals surface area contributed by atoms with Crippen LogP contribution in [0.1, 0.15) is 6.92 Å². The molecule has 23 heavy (non-hydrogen) atoms. The molecule has 1 atom stereocenters. The minimum atomic E-state index is -1.24. The predicted octanol–water partition coefficient (Wildman–Crippen LogP) is 1.82. The van der Waals surface area contributed by atoms with E-state index in [9.17, 15) is 9.59 Å². The molecule has 0 aliphatic carbocycles. The highest BCUT2D eigenvalue weighted by atomic mass is 16.5. The lowest BCUT2D eigenvalue weighted by Crippen LogP contribution is -2.36. The van der Waals surface area contributed by atoms with Crippen molar-refractivity contribution in [2.75, 3.05) is 20.8 Å². The van der Waals surface area contributed by atoms with Crippen molar-refractivity contribution in [1.29, 1.82) is 5.26 Å². The Balaban J connectivity index is 2.86. The van der Waals surface area contributed by atoms with Crippen molar-refractivity contribution in [3.8, 4) is 17.6 Å². The van der Waals surface area contributed by atoms with E-state index in [-0.39, 0.29) is 6.61 Å². The van der Waals surface area contributed by atoms with E-state index in [1.54, 1.807) is 31.2 Å². The number of rotatable bonds is 6. The van der Waals surface area contributed by atoms with Gasteiger partial charge in [0.15, 0.2) is 5.92 Å². The maximum atomic E-state index is 11.8. The Morgan fingerprint density at radius 2 is 2.13 bits per heavy atom. The third-order valence-electron chi connectivity index (χ3n) is 2.67. The molecular weight excluding hydrogens is 302 g/mol. The largest absolute Gasteiger partial charge is 0.497 e. The molecule has 0 saturated heterocycles. The summed E-state index contributed by atoms with van der Waals surface area (Å²) >= 11 is 0. The maximum absolute atomic E-state index is 11.8. The Morgan fingerprint density at radius 3 is 2.70 bits per heavy atom. The van der Waals surface area contributed by atoms with Gasteiger partial charge in [0.1, 0.15) is 17.2 Å². The number of hydrogen-bond donors (Lipinski definition) is 1. The van der Waals surface area contributed by atoms with Gasteiger partial charge in [-0.25, -0.2) is 4.79 Å². The second-order valence-electron chi connectivity index (χ2n) is 4.13. The molecule has 1 aromatic carbocycles. The summed E-state index contributed by atoms with van der Waals surface area (Å²) in [6, 6.07) is 6.64. The number of alkyl carbamates (subject to hydrolysis) is 1. The van der Waals surface area contributed by atoms with Crippen LogP contribution in [0.15, 0.2) is 23.2 Å². The van der Waals surface area contributed by atoms with E-state index in [2.05, 4.69) is 9.73 Å². The lowest BCUT2D eigenvalue weighted by molar-refractivity contribution is -0.121. The van der Waals surface area contributed by atoms with E-state index in [1.165, 1.54) is 14.2 Å². The van der Waals surface area contributed by atoms with Gasteiger partial charge in [-0.05, 0) is 19.1 Å². The Kier molecular flexibility index (Phi) is 7.07. The molecule has 0 fully saturated rings. The zero-order valence-corrected chi connectivity index (χ0v) is 13.0. The van der Waals surface area contributed by atoms with Crippen LogP contribution in [-0.4, -0.2) is 39.0 Å². The van der Waals surface area contributed by atoms with Gasteiger partial charge >= 0.3 is 6.09 Å². The number of imide groups is 1. The monoisotopic (exact) mass is 319 g/mol. The van der Waals surface area contributed by atoms with E-state index in [0.717, 1.165) is 6.21 Å². The Hall–Kier alpha value is -3.08. The highest BCUT2D eigenvalue weighted by Crippen LogP contribution is 2.31. The number of nitrogens with one attached hydrogen (secondary N) is 1. The molecule has 0 heterocycles. The van der Waals surface area contributed by atoms with Crippen LogP contribution in [0.3, 0.4) is 0 Å². The SMILES string of the molecule is CCOC(=O)NC(=O)C(C#N)C=Nc1ccc(OC)cc1OC. The summed E-state index contributed by atoms with van der Waals surface area (Å²) in [5.41, 5.74) is 0.414. The van der Waals surface area contributed by atoms with E-state index in [1.807, 2.05) is 5.32 Å². The molecule has 1 unspecified atom stereocenters. The first-order valence-electron chi connectivity index (χ1n) is 6.69. The fraction of sp³-hybridized carbons (Fsp3) is 0.333. The van der Waals surface area contributed by atoms with Crippen molar-refractivity contribution in [1.82, 2.24) is 5.32 Å². The number of nitrogens with zero attached hydrogens (tertiary/aromatic N) is 2. The molecule has 0 aliphatic rings. The molecule has 1 N–H and O–H groups in total. The van der Waals surface area contributed by atoms with Gasteiger partial charge in [-0.15, -0.1) is 0 Å². The molecule has 0 saturated carbocycles. The Bertz CT molecular complexity index is 636. The van der Waals surface area contributed by atoms with Gasteiger partial charge in [0, 0.05) is 12.3 Å². The third kappa shape index (κ3) is 5.32. The molecule has 8 nitrogen and oxygen atoms in total. The molecular formula is C15H17N3O5. The van der Waals surface area contributed by atoms with Gasteiger partial charge in [0.25, 0.3) is 5.91 Å². The second kappa shape index (κ2) is 9.04. The first kappa shape index (κ1) is 18.0. The van der Waals surface area contributed by atoms with Gasteiger partial charge in [0.2, 0.25) is 0 Å². The van der Waals surface area contributed by atoms with Crippen LogP contribution in [-0.2, 0) is 9.53 Å². The van der Waals surface area contributed by atoms with Gasteiger partial charge in [-0.2, -0.15) is 5.26 Å². The predicted molar refractivity (Wildman–Crippen MR) is 82.0 cm³/mol. The summed E-state index contributed by atoms with van der Waals surface area (Å²) in [6.07, 6.45) is 0.215. The van der Waals surface area contributed by atoms with E-state index in [0.29, 0.717) is 17.2 Å². The topological polar surface area (TPSA) is 110 Å². The summed E-state index contributed by atoms with van der Waals surface area (Å²) in [4.78, 5) is 27.0. The summed E-state index contributed by atoms with van der Waals surface area (Å²) in [5.74, 6) is -1.06. The maximum Gasteiger partial charge on any atom is 0.413 e. The third-order valence-corrected chi connectivity index (χ3v) is 2.67. The summed E-state index contributed by atoms with van der Waals surface area (Å²) < 4.78 is 14.8. The normalized spacial score (nSPS) is 11.4. The number of methoxy groups -OCH3 is 2. The Morgan fingerprint density at radius 1 is 1.39 bits per heavy atom. The van der Waals surface area contributed by atoms with Gasteiger partial charge in [0.05, 0.1) is 26.9 Å². The van der Waals surface area contributed by atoms with Crippen molar-refractivity contribution in [3.05, 3.63) is 18.2 Å². The molecule has 0 spiro atoms. The molecule has 122 valence electrons. The van der Waals surface area contributed by atoms with Gasteiger partial charge in [-0.1, -0.05) is 0 Å². The van der Waals surface area contributed by atoms with Crippen LogP contribution in [0.5, 0.6) is 11.5 Å². The van der Waals surface area contributed by atoms with Crippen molar-refractivity contribution < 1.29 is 23.8 Å². The van der Waals surface area contributed by atoms with Crippen LogP contribution in [0.25, 0.3) is 0 Å². The molecule has 0 aromatic heterocycles. The zero-order valence-electron chi connectivity index (χ0n) is 13.0. The highest BCUT2D eigenvalue weighted by Gasteiger charge is 2.19. The van der Waals surface area contributed by atoms with Gasteiger partial charge in [-0.3, -0.25) is 15.1 Å². The number of amides is 2. The minimum absolute atomic E-state index is 0.119. The van der Waals surface area contributed by atoms with Crippen LogP contribution in [0.2, 0.25) is 0 Å². The molecule has 2 amide bonds. The van der Waals surface area contributed by atoms with E-state index < -0.39 is 17.9 Å². The fourth-order valence-corrected chi connectivity index (χ4v) is 1.55. The molecule has 0 bridgehead atoms. The van der Waals surface area contributed by atoms with Crippen LogP contribution in [0, 0.1) is 17.2 Å². The first-order chi connectivity index (χ1) is 11.0. The quantitative estimate of drug-likeness (QED) is 0.801. The number of carbonyl (C=O) groups excluding carboxylic acids is 2. The average Bonchev–Trinajstić information content (AvgIpc) is 2.55. The molecule has 0 radical (unpaired) electrons. The number of benzene rings is 1. The molecule has 1 rings (SSSR count). The lowest BCUT2D eigenvalue weighted by atomic mass is 10.2. The van der Waals surface area contributed by atoms with Crippen LogP contribution >= 0.6 is 0 Å². The van der Waals surface area contributed by atoms with Crippen molar-refractivity contribution in [2.45, 2.75) is 6.92 Å². The minimum Gasteiger partial charge on any atom is -0.497 e. The van der Waals surface area contributed by atoms with Crippen molar-refractivity contribution in [2.24, 2.45) is 10.9 Å². The lowest BCUT2D eigenvalue weighted by Gasteiger charge is -2.08. The number of nitriles is 1. The molecule has 8 heteroatoms. The van der Waals surface area contributed by atoms with Crippen molar-refractivity contribution >= 4 is 23.9 Å². The second-order valence-corrected chi connectivity index (χ2v) is 4.13. The summed E-state index contributed by atoms with van der Waals surface area (Å²) in [5, 5.41) is 11.0. The van der Waals surface area contributed by atoms with Crippen LogP contribution < -0.4 is 14.8 Å². The number of aliphatic imine (C=N–C) groups is 1. The van der Waals surface area contributed by atoms with E-state index >= 15 is 0 Å². The molecule has 1 aromatic rings. The number of carbonyl (C=O) groups is 2. The van der Waals surface area contributed by atoms with E-state index in [4.69, 9.17) is 14.7 Å². The molecule has 0 aliphatic heterocycles. The van der Waals surface area contributed by atoms with Gasteiger partial charge < -0.3 is 14.2 Å². The smallest absolute Gasteiger partial charge is 0.413 e.